The minimum atomic E-state index is -1.16. The van der Waals surface area contributed by atoms with Crippen LogP contribution in [0.5, 0.6) is 0 Å². The summed E-state index contributed by atoms with van der Waals surface area (Å²) in [5.41, 5.74) is 12.1. The SMILES string of the molecule is CC[C@H](C)[C@]([C@@H](CC=O)OC)(N(C)[C@H](C(=O)NC(=O)[C@H](C(C)C)N(C)CCCCCCN1C(=O)CC(SC[C@H](N)C(=O)O)C1=O)C(C)C)N1CCC[C@H]1[C@H](OC)[C@@H](C)C(=O)N[C@@H](Cc1c[nH]c2ccccc12)C(N)=O. The lowest BCUT2D eigenvalue weighted by Gasteiger charge is -2.59. The van der Waals surface area contributed by atoms with Crippen molar-refractivity contribution in [1.29, 1.82) is 0 Å². The second-order valence-corrected chi connectivity index (χ2v) is 22.5. The first kappa shape index (κ1) is 62.8. The van der Waals surface area contributed by atoms with Gasteiger partial charge in [-0.2, -0.15) is 0 Å². The van der Waals surface area contributed by atoms with Crippen molar-refractivity contribution < 1.29 is 52.9 Å². The van der Waals surface area contributed by atoms with E-state index in [-0.39, 0.29) is 61.1 Å². The van der Waals surface area contributed by atoms with Crippen molar-refractivity contribution in [2.75, 3.05) is 53.7 Å². The van der Waals surface area contributed by atoms with Crippen LogP contribution in [0.3, 0.4) is 0 Å². The fraction of sp³-hybridized carbons (Fsp3) is 0.704. The van der Waals surface area contributed by atoms with Gasteiger partial charge in [0.2, 0.25) is 35.4 Å². The lowest BCUT2D eigenvalue weighted by Crippen LogP contribution is -2.75. The number of para-hydroxylation sites is 1. The number of carboxylic acid groups (broad SMARTS) is 1. The van der Waals surface area contributed by atoms with E-state index in [2.05, 4.69) is 27.4 Å². The van der Waals surface area contributed by atoms with E-state index in [1.54, 1.807) is 21.1 Å². The molecule has 2 saturated heterocycles. The Balaban J connectivity index is 1.51. The van der Waals surface area contributed by atoms with E-state index in [0.717, 1.165) is 53.8 Å². The molecule has 2 aliphatic rings. The molecule has 1 aromatic carbocycles. The molecule has 420 valence electrons. The van der Waals surface area contributed by atoms with Crippen LogP contribution in [0.1, 0.15) is 112 Å². The number of nitrogens with one attached hydrogen (secondary N) is 3. The molecule has 0 saturated carbocycles. The third-order valence-corrected chi connectivity index (χ3v) is 16.9. The number of thioether (sulfide) groups is 1. The number of H-pyrrole nitrogens is 1. The highest BCUT2D eigenvalue weighted by Crippen LogP contribution is 2.45. The second-order valence-electron chi connectivity index (χ2n) is 21.2. The van der Waals surface area contributed by atoms with Crippen molar-refractivity contribution in [2.24, 2.45) is 35.1 Å². The zero-order valence-electron chi connectivity index (χ0n) is 46.2. The van der Waals surface area contributed by atoms with Crippen molar-refractivity contribution in [2.45, 2.75) is 166 Å². The molecule has 4 rings (SSSR count). The number of methoxy groups -OCH3 is 2. The highest BCUT2D eigenvalue weighted by molar-refractivity contribution is 8.00. The van der Waals surface area contributed by atoms with Gasteiger partial charge in [-0.15, -0.1) is 11.8 Å². The number of rotatable bonds is 33. The number of hydrogen-bond acceptors (Lipinski definition) is 15. The van der Waals surface area contributed by atoms with Crippen molar-refractivity contribution in [3.05, 3.63) is 36.0 Å². The number of benzene rings is 1. The van der Waals surface area contributed by atoms with E-state index >= 15 is 0 Å². The maximum Gasteiger partial charge on any atom is 0.321 e. The van der Waals surface area contributed by atoms with Gasteiger partial charge in [0.05, 0.1) is 35.5 Å². The number of ether oxygens (including phenoxy) is 2. The van der Waals surface area contributed by atoms with Crippen LogP contribution >= 0.6 is 11.8 Å². The molecule has 1 unspecified atom stereocenters. The minimum Gasteiger partial charge on any atom is -0.480 e. The molecule has 2 aliphatic heterocycles. The van der Waals surface area contributed by atoms with E-state index < -0.39 is 88.8 Å². The highest BCUT2D eigenvalue weighted by atomic mass is 32.2. The van der Waals surface area contributed by atoms with E-state index in [1.807, 2.05) is 89.0 Å². The number of unbranched alkanes of at least 4 members (excludes halogenated alkanes) is 3. The summed E-state index contributed by atoms with van der Waals surface area (Å²) in [6.45, 7) is 14.9. The van der Waals surface area contributed by atoms with Gasteiger partial charge in [-0.05, 0) is 75.7 Å². The normalized spacial score (nSPS) is 20.5. The molecule has 3 heterocycles. The topological polar surface area (TPSA) is 280 Å². The van der Waals surface area contributed by atoms with Gasteiger partial charge in [-0.3, -0.25) is 58.5 Å². The quantitative estimate of drug-likeness (QED) is 0.0339. The number of primary amides is 1. The smallest absolute Gasteiger partial charge is 0.321 e. The molecule has 1 aromatic heterocycles. The first-order valence-electron chi connectivity index (χ1n) is 26.7. The van der Waals surface area contributed by atoms with E-state index in [9.17, 15) is 38.4 Å². The predicted molar refractivity (Wildman–Crippen MR) is 289 cm³/mol. The molecule has 2 aromatic rings. The Morgan fingerprint density at radius 3 is 2.21 bits per heavy atom. The fourth-order valence-corrected chi connectivity index (χ4v) is 12.8. The Bertz CT molecular complexity index is 2260. The van der Waals surface area contributed by atoms with E-state index in [4.69, 9.17) is 26.0 Å². The molecule has 21 heteroatoms. The Morgan fingerprint density at radius 1 is 0.960 bits per heavy atom. The van der Waals surface area contributed by atoms with Gasteiger partial charge in [-0.1, -0.05) is 85.9 Å². The molecule has 11 atom stereocenters. The summed E-state index contributed by atoms with van der Waals surface area (Å²) in [6, 6.07) is 3.57. The van der Waals surface area contributed by atoms with Crippen LogP contribution in [0.2, 0.25) is 0 Å². The molecule has 20 nitrogen and oxygen atoms in total. The number of aromatic amines is 1. The van der Waals surface area contributed by atoms with Gasteiger partial charge in [-0.25, -0.2) is 0 Å². The Hall–Kier alpha value is -4.77. The van der Waals surface area contributed by atoms with Crippen LogP contribution in [0.15, 0.2) is 30.5 Å². The number of fused-ring (bicyclic) bond motifs is 1. The molecule has 2 fully saturated rings. The van der Waals surface area contributed by atoms with Gasteiger partial charge >= 0.3 is 5.97 Å². The van der Waals surface area contributed by atoms with E-state index in [1.165, 1.54) is 4.90 Å². The van der Waals surface area contributed by atoms with Crippen molar-refractivity contribution in [1.82, 2.24) is 35.2 Å². The van der Waals surface area contributed by atoms with Crippen LogP contribution in [-0.4, -0.2) is 184 Å². The first-order valence-corrected chi connectivity index (χ1v) is 27.7. The summed E-state index contributed by atoms with van der Waals surface area (Å²) in [7, 11) is 6.81. The summed E-state index contributed by atoms with van der Waals surface area (Å²) >= 11 is 1.09. The van der Waals surface area contributed by atoms with Gasteiger partial charge in [0.1, 0.15) is 24.0 Å². The van der Waals surface area contributed by atoms with Crippen LogP contribution in [0.4, 0.5) is 0 Å². The number of aliphatic carboxylic acids is 1. The summed E-state index contributed by atoms with van der Waals surface area (Å²) in [5.74, 6) is -5.30. The Morgan fingerprint density at radius 2 is 1.61 bits per heavy atom. The molecule has 0 aliphatic carbocycles. The van der Waals surface area contributed by atoms with Crippen LogP contribution < -0.4 is 22.1 Å². The zero-order valence-corrected chi connectivity index (χ0v) is 47.0. The number of aldehydes is 1. The maximum atomic E-state index is 14.9. The molecule has 75 heavy (non-hydrogen) atoms. The second kappa shape index (κ2) is 29.1. The highest BCUT2D eigenvalue weighted by Gasteiger charge is 2.58. The average Bonchev–Trinajstić information content (AvgIpc) is 4.08. The lowest BCUT2D eigenvalue weighted by molar-refractivity contribution is -0.203. The van der Waals surface area contributed by atoms with Gasteiger partial charge in [0.25, 0.3) is 0 Å². The third kappa shape index (κ3) is 15.0. The fourth-order valence-electron chi connectivity index (χ4n) is 11.7. The summed E-state index contributed by atoms with van der Waals surface area (Å²) < 4.78 is 12.6. The zero-order chi connectivity index (χ0) is 55.9. The van der Waals surface area contributed by atoms with Gasteiger partial charge < -0.3 is 41.1 Å². The standard InChI is InChI=1S/C54H87N9O11S/c1-12-34(6)54(43(73-10)23-27-64,63-26-19-22-41(63)47(74-11)35(7)49(67)58-40(48(56)66)28-36-30-57-39-21-16-15-20-37(36)39)61(9)46(33(4)5)51(69)59-50(68)45(32(2)3)60(8)24-17-13-14-18-25-62-44(65)29-42(52(62)70)75-31-38(55)53(71)72/h15-16,20-21,27,30,32-35,38,40-43,45-47,57H,12-14,17-19,22-26,28-29,31,55H2,1-11H3,(H2,56,66)(H,58,67)(H,71,72)(H,59,68,69)/t34-,35+,38-,40-,41-,42?,43+,45-,46-,47+,54-/m0/s1. The number of carbonyl (C=O) groups is 8. The molecule has 0 spiro atoms. The van der Waals surface area contributed by atoms with Gasteiger partial charge in [0, 0.05) is 75.5 Å². The number of likely N-dealkylation sites (N-methyl/N-ethyl adjacent to an activating group) is 2. The van der Waals surface area contributed by atoms with Crippen LogP contribution in [-0.2, 0) is 54.3 Å². The Labute approximate surface area is 447 Å². The van der Waals surface area contributed by atoms with Crippen molar-refractivity contribution in [3.8, 4) is 0 Å². The maximum absolute atomic E-state index is 14.9. The number of nitrogens with zero attached hydrogens (tertiary/aromatic N) is 4. The number of carbonyl (C=O) groups excluding carboxylic acids is 7. The molecule has 6 amide bonds. The number of hydrogen-bond donors (Lipinski definition) is 6. The minimum absolute atomic E-state index is 0.0122. The molecule has 0 bridgehead atoms. The number of aromatic nitrogens is 1. The third-order valence-electron chi connectivity index (χ3n) is 15.6. The Kier molecular flexibility index (Phi) is 24.4. The molecular formula is C54H87N9O11S. The molecular weight excluding hydrogens is 983 g/mol. The lowest BCUT2D eigenvalue weighted by atomic mass is 9.78. The van der Waals surface area contributed by atoms with Crippen molar-refractivity contribution >= 4 is 70.4 Å². The number of nitrogens with two attached hydrogens (primary N) is 2. The number of imide groups is 2. The number of carboxylic acids is 1. The largest absolute Gasteiger partial charge is 0.480 e. The number of amides is 6. The van der Waals surface area contributed by atoms with Crippen LogP contribution in [0.25, 0.3) is 10.9 Å². The van der Waals surface area contributed by atoms with Gasteiger partial charge in [0.15, 0.2) is 0 Å². The first-order chi connectivity index (χ1) is 35.5. The summed E-state index contributed by atoms with van der Waals surface area (Å²) in [5, 5.41) is 15.1. The number of likely N-dealkylation sites (tertiary alicyclic amines) is 2. The molecule has 8 N–H and O–H groups in total. The van der Waals surface area contributed by atoms with E-state index in [0.29, 0.717) is 38.8 Å². The molecule has 0 radical (unpaired) electrons. The predicted octanol–water partition coefficient (Wildman–Crippen LogP) is 3.53. The van der Waals surface area contributed by atoms with Crippen molar-refractivity contribution in [3.63, 3.8) is 0 Å². The van der Waals surface area contributed by atoms with Crippen LogP contribution in [0, 0.1) is 23.7 Å². The monoisotopic (exact) mass is 1070 g/mol. The summed E-state index contributed by atoms with van der Waals surface area (Å²) in [6.07, 6.45) is 6.06. The summed E-state index contributed by atoms with van der Waals surface area (Å²) in [4.78, 5) is 116. The average molecular weight is 1070 g/mol.